The molecule has 7 heteroatoms. The Balaban J connectivity index is 1.49. The number of hydrogen-bond acceptors (Lipinski definition) is 4. The van der Waals surface area contributed by atoms with Gasteiger partial charge >= 0.3 is 0 Å². The Morgan fingerprint density at radius 3 is 2.59 bits per heavy atom. The van der Waals surface area contributed by atoms with Crippen LogP contribution in [-0.4, -0.2) is 33.0 Å². The molecule has 0 aliphatic rings. The number of sulfonamides is 1. The fourth-order valence-electron chi connectivity index (χ4n) is 2.60. The van der Waals surface area contributed by atoms with E-state index in [9.17, 15) is 8.42 Å². The van der Waals surface area contributed by atoms with Crippen molar-refractivity contribution >= 4 is 42.8 Å². The molecule has 1 heterocycles. The number of fused-ring (bicyclic) bond motifs is 1. The zero-order valence-electron chi connectivity index (χ0n) is 14.6. The number of hydrogen-bond donors (Lipinski definition) is 2. The van der Waals surface area contributed by atoms with Crippen molar-refractivity contribution in [1.29, 1.82) is 0 Å². The lowest BCUT2D eigenvalue weighted by Gasteiger charge is -2.08. The van der Waals surface area contributed by atoms with Crippen LogP contribution in [0.4, 0.5) is 0 Å². The van der Waals surface area contributed by atoms with Crippen LogP contribution in [0.1, 0.15) is 5.56 Å². The Morgan fingerprint density at radius 1 is 1.00 bits per heavy atom. The molecule has 0 amide bonds. The summed E-state index contributed by atoms with van der Waals surface area (Å²) in [4.78, 5) is 4.06. The highest BCUT2D eigenvalue weighted by atomic mass is 79.9. The zero-order valence-corrected chi connectivity index (χ0v) is 17.0. The highest BCUT2D eigenvalue weighted by Gasteiger charge is 2.17. The van der Waals surface area contributed by atoms with Crippen LogP contribution in [0.5, 0.6) is 0 Å². The Morgan fingerprint density at radius 2 is 1.78 bits per heavy atom. The molecule has 3 aromatic rings. The molecule has 5 nitrogen and oxygen atoms in total. The topological polar surface area (TPSA) is 71.1 Å². The van der Waals surface area contributed by atoms with Crippen LogP contribution in [0.2, 0.25) is 0 Å². The molecule has 0 spiro atoms. The minimum atomic E-state index is -3.65. The van der Waals surface area contributed by atoms with Crippen molar-refractivity contribution in [2.75, 3.05) is 19.6 Å². The molecule has 140 valence electrons. The molecule has 2 N–H and O–H groups in total. The maximum atomic E-state index is 12.5. The molecule has 0 fully saturated rings. The van der Waals surface area contributed by atoms with Gasteiger partial charge in [-0.1, -0.05) is 64.5 Å². The summed E-state index contributed by atoms with van der Waals surface area (Å²) in [5.41, 5.74) is 1.11. The number of nitrogens with one attached hydrogen (secondary N) is 2. The monoisotopic (exact) mass is 445 g/mol. The first-order chi connectivity index (χ1) is 13.1. The van der Waals surface area contributed by atoms with Gasteiger partial charge in [-0.05, 0) is 29.1 Å². The molecular formula is C20H20BrN3O2S. The summed E-state index contributed by atoms with van der Waals surface area (Å²) in [6, 6.07) is 17.1. The van der Waals surface area contributed by atoms with E-state index in [0.29, 0.717) is 25.0 Å². The number of aromatic nitrogens is 1. The molecule has 2 aromatic carbocycles. The first-order valence-electron chi connectivity index (χ1n) is 8.52. The van der Waals surface area contributed by atoms with Gasteiger partial charge in [-0.3, -0.25) is 0 Å². The lowest BCUT2D eigenvalue weighted by Crippen LogP contribution is -2.32. The van der Waals surface area contributed by atoms with Crippen molar-refractivity contribution in [2.24, 2.45) is 0 Å². The SMILES string of the molecule is O=S(=O)(NCCNCC=Cc1ccc(Br)cc1)c1nccc2ccccc12. The van der Waals surface area contributed by atoms with Crippen molar-refractivity contribution in [2.45, 2.75) is 5.03 Å². The molecule has 0 saturated heterocycles. The smallest absolute Gasteiger partial charge is 0.258 e. The average Bonchev–Trinajstić information content (AvgIpc) is 2.68. The highest BCUT2D eigenvalue weighted by Crippen LogP contribution is 2.19. The lowest BCUT2D eigenvalue weighted by atomic mass is 10.2. The van der Waals surface area contributed by atoms with Crippen LogP contribution in [0.3, 0.4) is 0 Å². The fourth-order valence-corrected chi connectivity index (χ4v) is 4.05. The van der Waals surface area contributed by atoms with Gasteiger partial charge in [0, 0.05) is 35.7 Å². The van der Waals surface area contributed by atoms with E-state index in [2.05, 4.69) is 31.0 Å². The van der Waals surface area contributed by atoms with Crippen molar-refractivity contribution in [3.8, 4) is 0 Å². The van der Waals surface area contributed by atoms with E-state index in [4.69, 9.17) is 0 Å². The number of halogens is 1. The molecule has 0 radical (unpaired) electrons. The van der Waals surface area contributed by atoms with E-state index in [-0.39, 0.29) is 5.03 Å². The normalized spacial score (nSPS) is 12.0. The number of rotatable bonds is 8. The van der Waals surface area contributed by atoms with Crippen molar-refractivity contribution in [1.82, 2.24) is 15.0 Å². The van der Waals surface area contributed by atoms with E-state index >= 15 is 0 Å². The standard InChI is InChI=1S/C20H20BrN3O2S/c21-18-9-7-16(8-10-18)4-3-12-22-14-15-24-27(25,26)20-19-6-2-1-5-17(19)11-13-23-20/h1-11,13,22,24H,12,14-15H2. The minimum Gasteiger partial charge on any atom is -0.312 e. The minimum absolute atomic E-state index is 0.0655. The number of pyridine rings is 1. The maximum Gasteiger partial charge on any atom is 0.258 e. The van der Waals surface area contributed by atoms with Gasteiger partial charge < -0.3 is 5.32 Å². The fraction of sp³-hybridized carbons (Fsp3) is 0.150. The zero-order chi connectivity index (χ0) is 19.1. The molecule has 0 bridgehead atoms. The van der Waals surface area contributed by atoms with Gasteiger partial charge in [0.15, 0.2) is 5.03 Å². The summed E-state index contributed by atoms with van der Waals surface area (Å²) in [6.07, 6.45) is 5.54. The van der Waals surface area contributed by atoms with Gasteiger partial charge in [-0.15, -0.1) is 0 Å². The first-order valence-corrected chi connectivity index (χ1v) is 10.8. The van der Waals surface area contributed by atoms with E-state index in [0.717, 1.165) is 15.4 Å². The van der Waals surface area contributed by atoms with Crippen molar-refractivity contribution < 1.29 is 8.42 Å². The third kappa shape index (κ3) is 5.46. The van der Waals surface area contributed by atoms with Gasteiger partial charge in [-0.2, -0.15) is 0 Å². The molecule has 27 heavy (non-hydrogen) atoms. The lowest BCUT2D eigenvalue weighted by molar-refractivity contribution is 0.576. The summed E-state index contributed by atoms with van der Waals surface area (Å²) < 4.78 is 28.7. The van der Waals surface area contributed by atoms with Crippen molar-refractivity contribution in [3.63, 3.8) is 0 Å². The van der Waals surface area contributed by atoms with Gasteiger partial charge in [0.2, 0.25) is 0 Å². The predicted octanol–water partition coefficient (Wildman–Crippen LogP) is 3.58. The van der Waals surface area contributed by atoms with Crippen LogP contribution in [0, 0.1) is 0 Å². The van der Waals surface area contributed by atoms with Crippen molar-refractivity contribution in [3.05, 3.63) is 76.9 Å². The van der Waals surface area contributed by atoms with Crippen LogP contribution in [0.15, 0.2) is 76.4 Å². The number of benzene rings is 2. The second kappa shape index (κ2) is 9.23. The third-order valence-corrected chi connectivity index (χ3v) is 5.88. The predicted molar refractivity (Wildman–Crippen MR) is 113 cm³/mol. The Labute approximate surface area is 167 Å². The van der Waals surface area contributed by atoms with Gasteiger partial charge in [-0.25, -0.2) is 18.1 Å². The van der Waals surface area contributed by atoms with Crippen LogP contribution >= 0.6 is 15.9 Å². The Bertz CT molecular complexity index is 1030. The van der Waals surface area contributed by atoms with E-state index < -0.39 is 10.0 Å². The summed E-state index contributed by atoms with van der Waals surface area (Å²) in [5, 5.41) is 4.72. The largest absolute Gasteiger partial charge is 0.312 e. The summed E-state index contributed by atoms with van der Waals surface area (Å²) in [7, 11) is -3.65. The van der Waals surface area contributed by atoms with Crippen LogP contribution < -0.4 is 10.0 Å². The van der Waals surface area contributed by atoms with E-state index in [1.165, 1.54) is 6.20 Å². The molecule has 1 aromatic heterocycles. The molecule has 3 rings (SSSR count). The second-order valence-corrected chi connectivity index (χ2v) is 8.49. The molecular weight excluding hydrogens is 426 g/mol. The second-order valence-electron chi connectivity index (χ2n) is 5.89. The Kier molecular flexibility index (Phi) is 6.73. The highest BCUT2D eigenvalue weighted by molar-refractivity contribution is 9.10. The maximum absolute atomic E-state index is 12.5. The third-order valence-electron chi connectivity index (χ3n) is 3.93. The van der Waals surface area contributed by atoms with Gasteiger partial charge in [0.25, 0.3) is 10.0 Å². The number of nitrogens with zero attached hydrogens (tertiary/aromatic N) is 1. The molecule has 0 unspecified atom stereocenters. The average molecular weight is 446 g/mol. The van der Waals surface area contributed by atoms with Crippen LogP contribution in [0.25, 0.3) is 16.8 Å². The van der Waals surface area contributed by atoms with Crippen LogP contribution in [-0.2, 0) is 10.0 Å². The van der Waals surface area contributed by atoms with Gasteiger partial charge in [0.05, 0.1) is 0 Å². The molecule has 0 saturated carbocycles. The summed E-state index contributed by atoms with van der Waals surface area (Å²) in [5.74, 6) is 0. The first kappa shape index (κ1) is 19.7. The summed E-state index contributed by atoms with van der Waals surface area (Å²) >= 11 is 3.40. The summed E-state index contributed by atoms with van der Waals surface area (Å²) in [6.45, 7) is 1.47. The molecule has 0 aliphatic heterocycles. The van der Waals surface area contributed by atoms with E-state index in [1.807, 2.05) is 54.6 Å². The quantitative estimate of drug-likeness (QED) is 0.519. The Hall–Kier alpha value is -2.06. The molecule has 0 atom stereocenters. The molecule has 0 aliphatic carbocycles. The van der Waals surface area contributed by atoms with Gasteiger partial charge in [0.1, 0.15) is 0 Å². The van der Waals surface area contributed by atoms with E-state index in [1.54, 1.807) is 12.1 Å².